The first-order chi connectivity index (χ1) is 5.57. The lowest BCUT2D eigenvalue weighted by atomic mass is 10.2. The molecule has 0 aromatic carbocycles. The van der Waals surface area contributed by atoms with Crippen LogP contribution in [0.1, 0.15) is 24.3 Å². The van der Waals surface area contributed by atoms with Crippen molar-refractivity contribution in [2.45, 2.75) is 23.0 Å². The van der Waals surface area contributed by atoms with E-state index in [1.807, 2.05) is 5.38 Å². The molecule has 0 aliphatic heterocycles. The first kappa shape index (κ1) is 8.53. The molecular formula is C7H7ClO2S2. The highest BCUT2D eigenvalue weighted by molar-refractivity contribution is 8.15. The standard InChI is InChI=1S/C7H7ClO2S2/c8-12(9,10)7-3-6(4-11-7)5-1-2-5/h3-5H,1-2H2. The van der Waals surface area contributed by atoms with Crippen molar-refractivity contribution in [1.29, 1.82) is 0 Å². The molecule has 0 unspecified atom stereocenters. The second-order valence-electron chi connectivity index (χ2n) is 2.91. The SMILES string of the molecule is O=S(=O)(Cl)c1cc(C2CC2)cs1. The lowest BCUT2D eigenvalue weighted by Gasteiger charge is -1.86. The summed E-state index contributed by atoms with van der Waals surface area (Å²) in [5.41, 5.74) is 1.12. The average molecular weight is 223 g/mol. The third-order valence-corrected chi connectivity index (χ3v) is 4.94. The third kappa shape index (κ3) is 1.65. The normalized spacial score (nSPS) is 18.1. The molecule has 0 radical (unpaired) electrons. The number of halogens is 1. The van der Waals surface area contributed by atoms with Crippen LogP contribution in [0.5, 0.6) is 0 Å². The van der Waals surface area contributed by atoms with E-state index in [0.717, 1.165) is 5.56 Å². The minimum Gasteiger partial charge on any atom is -0.206 e. The van der Waals surface area contributed by atoms with Gasteiger partial charge in [-0.1, -0.05) is 0 Å². The van der Waals surface area contributed by atoms with Crippen LogP contribution >= 0.6 is 22.0 Å². The predicted octanol–water partition coefficient (Wildman–Crippen LogP) is 2.55. The minimum atomic E-state index is -3.50. The van der Waals surface area contributed by atoms with Crippen LogP contribution in [0.2, 0.25) is 0 Å². The van der Waals surface area contributed by atoms with Crippen LogP contribution in [0, 0.1) is 0 Å². The summed E-state index contributed by atoms with van der Waals surface area (Å²) >= 11 is 1.20. The van der Waals surface area contributed by atoms with E-state index in [1.165, 1.54) is 24.2 Å². The van der Waals surface area contributed by atoms with Gasteiger partial charge in [0.25, 0.3) is 9.05 Å². The maximum absolute atomic E-state index is 10.9. The molecular weight excluding hydrogens is 216 g/mol. The maximum atomic E-state index is 10.9. The summed E-state index contributed by atoms with van der Waals surface area (Å²) in [6, 6.07) is 1.69. The van der Waals surface area contributed by atoms with Gasteiger partial charge in [0.05, 0.1) is 0 Å². The molecule has 12 heavy (non-hydrogen) atoms. The Morgan fingerprint density at radius 1 is 1.50 bits per heavy atom. The number of thiophene rings is 1. The molecule has 0 amide bonds. The number of hydrogen-bond acceptors (Lipinski definition) is 3. The van der Waals surface area contributed by atoms with Crippen molar-refractivity contribution in [3.8, 4) is 0 Å². The predicted molar refractivity (Wildman–Crippen MR) is 49.3 cm³/mol. The molecule has 1 aliphatic carbocycles. The Bertz CT molecular complexity index is 389. The smallest absolute Gasteiger partial charge is 0.206 e. The highest BCUT2D eigenvalue weighted by atomic mass is 35.7. The Kier molecular flexibility index (Phi) is 1.93. The number of hydrogen-bond donors (Lipinski definition) is 0. The zero-order valence-electron chi connectivity index (χ0n) is 6.16. The van der Waals surface area contributed by atoms with Gasteiger partial charge < -0.3 is 0 Å². The molecule has 1 heterocycles. The Balaban J connectivity index is 2.35. The van der Waals surface area contributed by atoms with Crippen LogP contribution in [0.15, 0.2) is 15.7 Å². The average Bonchev–Trinajstić information content (AvgIpc) is 2.66. The van der Waals surface area contributed by atoms with Gasteiger partial charge in [-0.15, -0.1) is 11.3 Å². The van der Waals surface area contributed by atoms with Crippen molar-refractivity contribution >= 4 is 31.1 Å². The van der Waals surface area contributed by atoms with E-state index in [0.29, 0.717) is 5.92 Å². The van der Waals surface area contributed by atoms with Crippen LogP contribution < -0.4 is 0 Å². The van der Waals surface area contributed by atoms with Gasteiger partial charge in [0.15, 0.2) is 0 Å². The zero-order valence-corrected chi connectivity index (χ0v) is 8.55. The summed E-state index contributed by atoms with van der Waals surface area (Å²) in [5, 5.41) is 1.88. The molecule has 2 rings (SSSR count). The van der Waals surface area contributed by atoms with Crippen molar-refractivity contribution in [2.24, 2.45) is 0 Å². The molecule has 1 fully saturated rings. The van der Waals surface area contributed by atoms with Gasteiger partial charge in [0, 0.05) is 10.7 Å². The Morgan fingerprint density at radius 2 is 2.17 bits per heavy atom. The van der Waals surface area contributed by atoms with Crippen molar-refractivity contribution in [3.05, 3.63) is 17.0 Å². The molecule has 0 bridgehead atoms. The van der Waals surface area contributed by atoms with E-state index in [-0.39, 0.29) is 4.21 Å². The summed E-state index contributed by atoms with van der Waals surface area (Å²) in [6.07, 6.45) is 2.36. The summed E-state index contributed by atoms with van der Waals surface area (Å²) in [7, 11) is 1.68. The topological polar surface area (TPSA) is 34.1 Å². The van der Waals surface area contributed by atoms with Gasteiger partial charge in [-0.25, -0.2) is 8.42 Å². The van der Waals surface area contributed by atoms with E-state index >= 15 is 0 Å². The Morgan fingerprint density at radius 3 is 2.58 bits per heavy atom. The van der Waals surface area contributed by atoms with Gasteiger partial charge in [-0.2, -0.15) is 0 Å². The molecule has 5 heteroatoms. The van der Waals surface area contributed by atoms with Crippen molar-refractivity contribution < 1.29 is 8.42 Å². The van der Waals surface area contributed by atoms with E-state index in [2.05, 4.69) is 0 Å². The number of rotatable bonds is 2. The fourth-order valence-corrected chi connectivity index (χ4v) is 3.15. The summed E-state index contributed by atoms with van der Waals surface area (Å²) in [4.78, 5) is 0. The van der Waals surface area contributed by atoms with Crippen molar-refractivity contribution in [3.63, 3.8) is 0 Å². The molecule has 2 nitrogen and oxygen atoms in total. The molecule has 1 aliphatic rings. The van der Waals surface area contributed by atoms with E-state index in [1.54, 1.807) is 6.07 Å². The van der Waals surface area contributed by atoms with Gasteiger partial charge in [-0.05, 0) is 35.8 Å². The third-order valence-electron chi connectivity index (χ3n) is 1.88. The Labute approximate surface area is 79.6 Å². The Hall–Kier alpha value is -0.0600. The van der Waals surface area contributed by atoms with E-state index < -0.39 is 9.05 Å². The van der Waals surface area contributed by atoms with E-state index in [4.69, 9.17) is 10.7 Å². The largest absolute Gasteiger partial charge is 0.270 e. The summed E-state index contributed by atoms with van der Waals surface area (Å²) in [6.45, 7) is 0. The summed E-state index contributed by atoms with van der Waals surface area (Å²) in [5.74, 6) is 0.591. The zero-order chi connectivity index (χ0) is 8.77. The van der Waals surface area contributed by atoms with Crippen LogP contribution in [0.3, 0.4) is 0 Å². The van der Waals surface area contributed by atoms with Gasteiger partial charge in [0.1, 0.15) is 4.21 Å². The first-order valence-corrected chi connectivity index (χ1v) is 6.79. The molecule has 0 saturated heterocycles. The van der Waals surface area contributed by atoms with Crippen molar-refractivity contribution in [2.75, 3.05) is 0 Å². The molecule has 0 atom stereocenters. The highest BCUT2D eigenvalue weighted by Gasteiger charge is 2.26. The van der Waals surface area contributed by atoms with Crippen LogP contribution in [0.4, 0.5) is 0 Å². The molecule has 0 spiro atoms. The molecule has 1 saturated carbocycles. The molecule has 0 N–H and O–H groups in total. The van der Waals surface area contributed by atoms with Crippen LogP contribution in [-0.4, -0.2) is 8.42 Å². The molecule has 1 aromatic heterocycles. The lowest BCUT2D eigenvalue weighted by Crippen LogP contribution is -1.84. The van der Waals surface area contributed by atoms with Crippen LogP contribution in [-0.2, 0) is 9.05 Å². The van der Waals surface area contributed by atoms with Gasteiger partial charge >= 0.3 is 0 Å². The maximum Gasteiger partial charge on any atom is 0.270 e. The summed E-state index contributed by atoms with van der Waals surface area (Å²) < 4.78 is 22.0. The van der Waals surface area contributed by atoms with Gasteiger partial charge in [-0.3, -0.25) is 0 Å². The van der Waals surface area contributed by atoms with Gasteiger partial charge in [0.2, 0.25) is 0 Å². The van der Waals surface area contributed by atoms with E-state index in [9.17, 15) is 8.42 Å². The van der Waals surface area contributed by atoms with Crippen molar-refractivity contribution in [1.82, 2.24) is 0 Å². The molecule has 1 aromatic rings. The first-order valence-electron chi connectivity index (χ1n) is 3.60. The monoisotopic (exact) mass is 222 g/mol. The fourth-order valence-electron chi connectivity index (χ4n) is 1.09. The second-order valence-corrected chi connectivity index (χ2v) is 6.62. The van der Waals surface area contributed by atoms with Crippen LogP contribution in [0.25, 0.3) is 0 Å². The minimum absolute atomic E-state index is 0.270. The fraction of sp³-hybridized carbons (Fsp3) is 0.429. The second kappa shape index (κ2) is 2.72. The molecule has 66 valence electrons. The highest BCUT2D eigenvalue weighted by Crippen LogP contribution is 2.42. The quantitative estimate of drug-likeness (QED) is 0.721. The lowest BCUT2D eigenvalue weighted by molar-refractivity contribution is 0.611.